The van der Waals surface area contributed by atoms with Crippen molar-refractivity contribution in [2.24, 2.45) is 5.10 Å². The maximum Gasteiger partial charge on any atom is 0.271 e. The molecule has 0 heterocycles. The van der Waals surface area contributed by atoms with E-state index >= 15 is 0 Å². The van der Waals surface area contributed by atoms with Crippen LogP contribution in [-0.4, -0.2) is 18.7 Å². The van der Waals surface area contributed by atoms with Gasteiger partial charge in [-0.2, -0.15) is 5.10 Å². The maximum absolute atomic E-state index is 12.1. The van der Waals surface area contributed by atoms with Gasteiger partial charge in [-0.05, 0) is 95.2 Å². The van der Waals surface area contributed by atoms with Gasteiger partial charge in [0.05, 0.1) is 12.8 Å². The van der Waals surface area contributed by atoms with Gasteiger partial charge in [-0.3, -0.25) is 4.79 Å². The van der Waals surface area contributed by atoms with Crippen LogP contribution in [0.4, 0.5) is 0 Å². The summed E-state index contributed by atoms with van der Waals surface area (Å²) in [7, 11) is 0. The zero-order valence-corrected chi connectivity index (χ0v) is 20.0. The minimum atomic E-state index is -0.262. The lowest BCUT2D eigenvalue weighted by Gasteiger charge is -2.12. The number of nitrogens with one attached hydrogen (secondary N) is 1. The fourth-order valence-corrected chi connectivity index (χ4v) is 3.19. The summed E-state index contributed by atoms with van der Waals surface area (Å²) in [6.45, 7) is 2.87. The van der Waals surface area contributed by atoms with Crippen molar-refractivity contribution in [3.05, 3.63) is 91.5 Å². The van der Waals surface area contributed by atoms with E-state index in [4.69, 9.17) is 9.47 Å². The van der Waals surface area contributed by atoms with Crippen LogP contribution in [-0.2, 0) is 6.61 Å². The third kappa shape index (κ3) is 6.56. The van der Waals surface area contributed by atoms with Gasteiger partial charge in [-0.15, -0.1) is 0 Å². The molecule has 154 valence electrons. The molecule has 30 heavy (non-hydrogen) atoms. The van der Waals surface area contributed by atoms with E-state index in [1.54, 1.807) is 18.3 Å². The van der Waals surface area contributed by atoms with E-state index < -0.39 is 0 Å². The van der Waals surface area contributed by atoms with Crippen LogP contribution in [0.3, 0.4) is 0 Å². The van der Waals surface area contributed by atoms with Crippen LogP contribution in [0.2, 0.25) is 0 Å². The molecular weight excluding hydrogens is 559 g/mol. The van der Waals surface area contributed by atoms with Gasteiger partial charge < -0.3 is 9.47 Å². The molecule has 0 aliphatic carbocycles. The molecule has 1 N–H and O–H groups in total. The first-order valence-electron chi connectivity index (χ1n) is 9.28. The van der Waals surface area contributed by atoms with Crippen LogP contribution < -0.4 is 14.9 Å². The minimum Gasteiger partial charge on any atom is -0.490 e. The number of hydrogen-bond donors (Lipinski definition) is 1. The second kappa shape index (κ2) is 11.1. The number of carbonyl (C=O) groups excluding carboxylic acids is 1. The summed E-state index contributed by atoms with van der Waals surface area (Å²) in [4.78, 5) is 12.1. The zero-order valence-electron chi connectivity index (χ0n) is 16.3. The third-order valence-electron chi connectivity index (χ3n) is 4.06. The van der Waals surface area contributed by atoms with Gasteiger partial charge in [0.15, 0.2) is 11.5 Å². The molecule has 0 saturated heterocycles. The average Bonchev–Trinajstić information content (AvgIpc) is 2.75. The summed E-state index contributed by atoms with van der Waals surface area (Å²) in [5.41, 5.74) is 4.94. The van der Waals surface area contributed by atoms with E-state index in [0.717, 1.165) is 19.2 Å². The molecule has 3 rings (SSSR count). The molecule has 0 saturated carbocycles. The number of carbonyl (C=O) groups is 1. The normalized spacial score (nSPS) is 10.8. The topological polar surface area (TPSA) is 59.9 Å². The highest BCUT2D eigenvalue weighted by molar-refractivity contribution is 14.1. The summed E-state index contributed by atoms with van der Waals surface area (Å²) in [6.07, 6.45) is 1.58. The van der Waals surface area contributed by atoms with E-state index in [-0.39, 0.29) is 5.91 Å². The molecule has 0 aromatic heterocycles. The predicted molar refractivity (Wildman–Crippen MR) is 130 cm³/mol. The number of halogens is 2. The van der Waals surface area contributed by atoms with Crippen molar-refractivity contribution >= 4 is 50.6 Å². The van der Waals surface area contributed by atoms with Crippen LogP contribution in [0, 0.1) is 3.57 Å². The van der Waals surface area contributed by atoms with Gasteiger partial charge in [0, 0.05) is 13.6 Å². The van der Waals surface area contributed by atoms with Crippen molar-refractivity contribution in [3.8, 4) is 11.5 Å². The molecular formula is C23H20BrIN2O3. The number of hydrazone groups is 1. The Morgan fingerprint density at radius 3 is 2.47 bits per heavy atom. The van der Waals surface area contributed by atoms with Gasteiger partial charge >= 0.3 is 0 Å². The number of amides is 1. The minimum absolute atomic E-state index is 0.262. The Hall–Kier alpha value is -2.39. The summed E-state index contributed by atoms with van der Waals surface area (Å²) < 4.78 is 13.7. The fraction of sp³-hybridized carbons (Fsp3) is 0.130. The Balaban J connectivity index is 1.64. The molecule has 0 aliphatic heterocycles. The van der Waals surface area contributed by atoms with Crippen molar-refractivity contribution in [3.63, 3.8) is 0 Å². The quantitative estimate of drug-likeness (QED) is 0.209. The van der Waals surface area contributed by atoms with Crippen molar-refractivity contribution < 1.29 is 14.3 Å². The van der Waals surface area contributed by atoms with Crippen molar-refractivity contribution in [2.45, 2.75) is 13.5 Å². The molecule has 0 spiro atoms. The van der Waals surface area contributed by atoms with Crippen molar-refractivity contribution in [1.82, 2.24) is 5.43 Å². The van der Waals surface area contributed by atoms with E-state index in [1.807, 2.05) is 61.5 Å². The molecule has 5 nitrogen and oxygen atoms in total. The Kier molecular flexibility index (Phi) is 8.27. The monoisotopic (exact) mass is 578 g/mol. The number of ether oxygens (including phenoxy) is 2. The smallest absolute Gasteiger partial charge is 0.271 e. The standard InChI is InChI=1S/C23H20BrIN2O3/c1-2-29-22-13-17(14-26-27-23(28)18-6-10-20(25)11-7-18)5-12-21(22)30-15-16-3-8-19(24)9-4-16/h3-14H,2,15H2,1H3,(H,27,28)/b26-14-. The molecule has 0 radical (unpaired) electrons. The highest BCUT2D eigenvalue weighted by Gasteiger charge is 2.07. The Labute approximate surface area is 197 Å². The molecule has 0 aliphatic rings. The summed E-state index contributed by atoms with van der Waals surface area (Å²) in [5, 5.41) is 4.05. The highest BCUT2D eigenvalue weighted by atomic mass is 127. The predicted octanol–water partition coefficient (Wildman–Crippen LogP) is 5.80. The SMILES string of the molecule is CCOc1cc(/C=N\NC(=O)c2ccc(I)cc2)ccc1OCc1ccc(Br)cc1. The number of hydrogen-bond acceptors (Lipinski definition) is 4. The summed E-state index contributed by atoms with van der Waals surface area (Å²) >= 11 is 5.62. The van der Waals surface area contributed by atoms with Gasteiger partial charge in [-0.1, -0.05) is 28.1 Å². The first kappa shape index (κ1) is 22.3. The summed E-state index contributed by atoms with van der Waals surface area (Å²) in [6, 6.07) is 20.8. The van der Waals surface area contributed by atoms with Crippen LogP contribution >= 0.6 is 38.5 Å². The van der Waals surface area contributed by atoms with Crippen LogP contribution in [0.5, 0.6) is 11.5 Å². The van der Waals surface area contributed by atoms with Crippen molar-refractivity contribution in [2.75, 3.05) is 6.61 Å². The number of nitrogens with zero attached hydrogens (tertiary/aromatic N) is 1. The lowest BCUT2D eigenvalue weighted by molar-refractivity contribution is 0.0955. The van der Waals surface area contributed by atoms with Crippen molar-refractivity contribution in [1.29, 1.82) is 0 Å². The van der Waals surface area contributed by atoms with E-state index in [9.17, 15) is 4.79 Å². The lowest BCUT2D eigenvalue weighted by Crippen LogP contribution is -2.17. The molecule has 1 amide bonds. The van der Waals surface area contributed by atoms with E-state index in [0.29, 0.717) is 30.3 Å². The van der Waals surface area contributed by atoms with Gasteiger partial charge in [0.2, 0.25) is 0 Å². The molecule has 3 aromatic rings. The molecule has 0 fully saturated rings. The number of rotatable bonds is 8. The van der Waals surface area contributed by atoms with Crippen LogP contribution in [0.15, 0.2) is 76.3 Å². The maximum atomic E-state index is 12.1. The van der Waals surface area contributed by atoms with Gasteiger partial charge in [0.1, 0.15) is 6.61 Å². The van der Waals surface area contributed by atoms with Gasteiger partial charge in [-0.25, -0.2) is 5.43 Å². The first-order chi connectivity index (χ1) is 14.5. The van der Waals surface area contributed by atoms with E-state index in [2.05, 4.69) is 49.0 Å². The second-order valence-electron chi connectivity index (χ2n) is 6.26. The van der Waals surface area contributed by atoms with Gasteiger partial charge in [0.25, 0.3) is 5.91 Å². The molecule has 0 atom stereocenters. The fourth-order valence-electron chi connectivity index (χ4n) is 2.57. The largest absolute Gasteiger partial charge is 0.490 e. The van der Waals surface area contributed by atoms with Crippen LogP contribution in [0.25, 0.3) is 0 Å². The molecule has 0 bridgehead atoms. The lowest BCUT2D eigenvalue weighted by atomic mass is 10.2. The Bertz CT molecular complexity index is 1020. The Morgan fingerprint density at radius 1 is 1.03 bits per heavy atom. The Morgan fingerprint density at radius 2 is 1.77 bits per heavy atom. The van der Waals surface area contributed by atoms with E-state index in [1.165, 1.54) is 0 Å². The zero-order chi connectivity index (χ0) is 21.3. The number of benzene rings is 3. The molecule has 3 aromatic carbocycles. The third-order valence-corrected chi connectivity index (χ3v) is 5.31. The molecule has 0 unspecified atom stereocenters. The first-order valence-corrected chi connectivity index (χ1v) is 11.2. The average molecular weight is 579 g/mol. The summed E-state index contributed by atoms with van der Waals surface area (Å²) in [5.74, 6) is 1.02. The molecule has 7 heteroatoms. The van der Waals surface area contributed by atoms with Crippen LogP contribution in [0.1, 0.15) is 28.4 Å². The second-order valence-corrected chi connectivity index (χ2v) is 8.42. The highest BCUT2D eigenvalue weighted by Crippen LogP contribution is 2.29.